The maximum absolute atomic E-state index is 14.7. The molecule has 0 aliphatic rings. The van der Waals surface area contributed by atoms with Crippen LogP contribution in [0.1, 0.15) is 18.4 Å². The number of hydrogen-bond donors (Lipinski definition) is 2. The van der Waals surface area contributed by atoms with E-state index in [4.69, 9.17) is 0 Å². The first-order valence-electron chi connectivity index (χ1n) is 10.5. The summed E-state index contributed by atoms with van der Waals surface area (Å²) in [5.74, 6) is -0.745. The summed E-state index contributed by atoms with van der Waals surface area (Å²) in [6.45, 7) is 1.56. The number of carbonyl (C=O) groups excluding carboxylic acids is 1. The van der Waals surface area contributed by atoms with Crippen molar-refractivity contribution in [3.05, 3.63) is 60.4 Å². The lowest BCUT2D eigenvalue weighted by molar-refractivity contribution is -0.116. The predicted molar refractivity (Wildman–Crippen MR) is 124 cm³/mol. The first-order chi connectivity index (χ1) is 15.5. The Kier molecular flexibility index (Phi) is 6.51. The number of hydrogen-bond acceptors (Lipinski definition) is 5. The van der Waals surface area contributed by atoms with Gasteiger partial charge in [0.2, 0.25) is 5.91 Å². The van der Waals surface area contributed by atoms with Gasteiger partial charge in [-0.1, -0.05) is 0 Å². The molecule has 0 unspecified atom stereocenters. The van der Waals surface area contributed by atoms with Crippen molar-refractivity contribution in [2.24, 2.45) is 0 Å². The molecular weight excluding hydrogens is 407 g/mol. The molecule has 4 aromatic heterocycles. The van der Waals surface area contributed by atoms with Crippen molar-refractivity contribution in [2.45, 2.75) is 12.8 Å². The van der Waals surface area contributed by atoms with E-state index in [1.54, 1.807) is 18.6 Å². The predicted octanol–water partition coefficient (Wildman–Crippen LogP) is 3.78. The average Bonchev–Trinajstić information content (AvgIpc) is 3.16. The molecule has 32 heavy (non-hydrogen) atoms. The van der Waals surface area contributed by atoms with Gasteiger partial charge in [0.25, 0.3) is 0 Å². The lowest BCUT2D eigenvalue weighted by Crippen LogP contribution is -2.23. The number of halogens is 1. The summed E-state index contributed by atoms with van der Waals surface area (Å²) in [6, 6.07) is 5.64. The molecule has 0 radical (unpaired) electrons. The third-order valence-electron chi connectivity index (χ3n) is 5.19. The van der Waals surface area contributed by atoms with Gasteiger partial charge in [-0.05, 0) is 57.8 Å². The van der Waals surface area contributed by atoms with Crippen molar-refractivity contribution in [1.29, 1.82) is 0 Å². The zero-order chi connectivity index (χ0) is 22.5. The minimum Gasteiger partial charge on any atom is -0.353 e. The number of aromatic nitrogens is 4. The van der Waals surface area contributed by atoms with E-state index in [0.29, 0.717) is 23.1 Å². The molecule has 4 aromatic rings. The van der Waals surface area contributed by atoms with Gasteiger partial charge in [-0.15, -0.1) is 0 Å². The number of rotatable bonds is 8. The van der Waals surface area contributed by atoms with E-state index in [2.05, 4.69) is 30.2 Å². The van der Waals surface area contributed by atoms with Gasteiger partial charge in [0.15, 0.2) is 0 Å². The molecule has 0 atom stereocenters. The summed E-state index contributed by atoms with van der Waals surface area (Å²) in [4.78, 5) is 30.3. The zero-order valence-electron chi connectivity index (χ0n) is 18.1. The quantitative estimate of drug-likeness (QED) is 0.327. The normalized spacial score (nSPS) is 11.8. The van der Waals surface area contributed by atoms with E-state index in [1.165, 1.54) is 12.2 Å². The van der Waals surface area contributed by atoms with Crippen molar-refractivity contribution in [3.8, 4) is 11.3 Å². The number of fused-ring (bicyclic) bond motifs is 3. The fourth-order valence-electron chi connectivity index (χ4n) is 3.58. The van der Waals surface area contributed by atoms with Crippen LogP contribution in [0, 0.1) is 5.82 Å². The number of pyridine rings is 3. The van der Waals surface area contributed by atoms with Crippen LogP contribution in [0.15, 0.2) is 49.1 Å². The van der Waals surface area contributed by atoms with E-state index in [0.717, 1.165) is 47.7 Å². The van der Waals surface area contributed by atoms with Gasteiger partial charge < -0.3 is 15.2 Å². The smallest absolute Gasteiger partial charge is 0.244 e. The second kappa shape index (κ2) is 9.65. The van der Waals surface area contributed by atoms with Gasteiger partial charge in [0, 0.05) is 46.9 Å². The SMILES string of the molecule is CN(C)CCCCNC(=O)/C=C/c1c(F)cnc2[nH]c3cnc(-c4cccnc4)cc3c12. The summed E-state index contributed by atoms with van der Waals surface area (Å²) in [5, 5.41) is 4.24. The molecule has 0 aromatic carbocycles. The molecule has 7 nitrogen and oxygen atoms in total. The lowest BCUT2D eigenvalue weighted by atomic mass is 10.1. The van der Waals surface area contributed by atoms with Crippen LogP contribution in [0.3, 0.4) is 0 Å². The molecule has 0 fully saturated rings. The molecule has 4 heterocycles. The third kappa shape index (κ3) is 4.81. The molecule has 8 heteroatoms. The highest BCUT2D eigenvalue weighted by Crippen LogP contribution is 2.31. The monoisotopic (exact) mass is 432 g/mol. The van der Waals surface area contributed by atoms with E-state index in [9.17, 15) is 9.18 Å². The Balaban J connectivity index is 1.61. The Hall–Kier alpha value is -3.65. The van der Waals surface area contributed by atoms with Crippen LogP contribution in [-0.2, 0) is 4.79 Å². The maximum atomic E-state index is 14.7. The highest BCUT2D eigenvalue weighted by Gasteiger charge is 2.14. The van der Waals surface area contributed by atoms with Crippen LogP contribution in [0.25, 0.3) is 39.3 Å². The van der Waals surface area contributed by atoms with Gasteiger partial charge in [-0.2, -0.15) is 0 Å². The Morgan fingerprint density at radius 3 is 2.88 bits per heavy atom. The standard InChI is InChI=1S/C24H25FN6O/c1-31(2)11-4-3-10-27-22(32)8-7-17-19(25)14-29-24-23(17)18-12-20(28-15-21(18)30-24)16-6-5-9-26-13-16/h5-9,12-15H,3-4,10-11H2,1-2H3,(H,27,32)(H,29,30)/b8-7+. The summed E-state index contributed by atoms with van der Waals surface area (Å²) < 4.78 is 14.7. The molecule has 2 N–H and O–H groups in total. The molecule has 0 bridgehead atoms. The topological polar surface area (TPSA) is 86.8 Å². The van der Waals surface area contributed by atoms with Gasteiger partial charge >= 0.3 is 0 Å². The highest BCUT2D eigenvalue weighted by molar-refractivity contribution is 6.11. The molecule has 0 saturated carbocycles. The van der Waals surface area contributed by atoms with Crippen LogP contribution in [0.2, 0.25) is 0 Å². The lowest BCUT2D eigenvalue weighted by Gasteiger charge is -2.08. The molecule has 4 rings (SSSR count). The molecule has 164 valence electrons. The van der Waals surface area contributed by atoms with Crippen molar-refractivity contribution >= 4 is 33.9 Å². The summed E-state index contributed by atoms with van der Waals surface area (Å²) in [5.41, 5.74) is 3.17. The van der Waals surface area contributed by atoms with Gasteiger partial charge in [0.05, 0.1) is 23.6 Å². The average molecular weight is 433 g/mol. The Morgan fingerprint density at radius 2 is 2.09 bits per heavy atom. The molecular formula is C24H25FN6O. The Labute approximate surface area is 185 Å². The number of carbonyl (C=O) groups is 1. The van der Waals surface area contributed by atoms with Gasteiger partial charge in [-0.25, -0.2) is 9.37 Å². The van der Waals surface area contributed by atoms with Gasteiger partial charge in [-0.3, -0.25) is 14.8 Å². The number of unbranched alkanes of at least 4 members (excludes halogenated alkanes) is 1. The van der Waals surface area contributed by atoms with Crippen LogP contribution >= 0.6 is 0 Å². The summed E-state index contributed by atoms with van der Waals surface area (Å²) in [6.07, 6.45) is 11.0. The van der Waals surface area contributed by atoms with Crippen LogP contribution in [-0.4, -0.2) is 57.9 Å². The first-order valence-corrected chi connectivity index (χ1v) is 10.5. The molecule has 1 amide bonds. The van der Waals surface area contributed by atoms with E-state index < -0.39 is 5.82 Å². The minimum atomic E-state index is -0.492. The number of aromatic amines is 1. The van der Waals surface area contributed by atoms with Crippen molar-refractivity contribution in [1.82, 2.24) is 30.2 Å². The van der Waals surface area contributed by atoms with Crippen LogP contribution < -0.4 is 5.32 Å². The Morgan fingerprint density at radius 1 is 1.22 bits per heavy atom. The van der Waals surface area contributed by atoms with E-state index in [-0.39, 0.29) is 5.91 Å². The van der Waals surface area contributed by atoms with Crippen molar-refractivity contribution in [2.75, 3.05) is 27.2 Å². The highest BCUT2D eigenvalue weighted by atomic mass is 19.1. The van der Waals surface area contributed by atoms with Crippen molar-refractivity contribution < 1.29 is 9.18 Å². The second-order valence-electron chi connectivity index (χ2n) is 7.86. The molecule has 0 saturated heterocycles. The number of H-pyrrole nitrogens is 1. The third-order valence-corrected chi connectivity index (χ3v) is 5.19. The fourth-order valence-corrected chi connectivity index (χ4v) is 3.58. The van der Waals surface area contributed by atoms with Crippen LogP contribution in [0.5, 0.6) is 0 Å². The fraction of sp³-hybridized carbons (Fsp3) is 0.250. The molecule has 0 aliphatic carbocycles. The van der Waals surface area contributed by atoms with Crippen molar-refractivity contribution in [3.63, 3.8) is 0 Å². The molecule has 0 spiro atoms. The van der Waals surface area contributed by atoms with Gasteiger partial charge in [0.1, 0.15) is 11.5 Å². The van der Waals surface area contributed by atoms with Crippen LogP contribution in [0.4, 0.5) is 4.39 Å². The Bertz CT molecular complexity index is 1270. The largest absolute Gasteiger partial charge is 0.353 e. The van der Waals surface area contributed by atoms with E-state index in [1.807, 2.05) is 32.3 Å². The van der Waals surface area contributed by atoms with E-state index >= 15 is 0 Å². The zero-order valence-corrected chi connectivity index (χ0v) is 18.1. The number of nitrogens with zero attached hydrogens (tertiary/aromatic N) is 4. The second-order valence-corrected chi connectivity index (χ2v) is 7.86. The maximum Gasteiger partial charge on any atom is 0.244 e. The first kappa shape index (κ1) is 21.6. The molecule has 0 aliphatic heterocycles. The number of amides is 1. The number of nitrogens with one attached hydrogen (secondary N) is 2. The summed E-state index contributed by atoms with van der Waals surface area (Å²) in [7, 11) is 4.04. The minimum absolute atomic E-state index is 0.253. The summed E-state index contributed by atoms with van der Waals surface area (Å²) >= 11 is 0.